The van der Waals surface area contributed by atoms with Crippen LogP contribution in [0.5, 0.6) is 5.75 Å². The highest BCUT2D eigenvalue weighted by molar-refractivity contribution is 5.80. The fourth-order valence-corrected chi connectivity index (χ4v) is 1.33. The molecular formula is C14H14O4. The molecule has 1 aromatic rings. The van der Waals surface area contributed by atoms with Gasteiger partial charge in [0.25, 0.3) is 0 Å². The summed E-state index contributed by atoms with van der Waals surface area (Å²) in [5.74, 6) is 5.64. The molecule has 94 valence electrons. The maximum absolute atomic E-state index is 11.1. The number of aldehydes is 1. The van der Waals surface area contributed by atoms with E-state index in [-0.39, 0.29) is 12.4 Å². The molecule has 1 aromatic carbocycles. The van der Waals surface area contributed by atoms with Crippen LogP contribution in [0.15, 0.2) is 18.2 Å². The van der Waals surface area contributed by atoms with Gasteiger partial charge in [-0.05, 0) is 25.1 Å². The molecule has 0 aliphatic carbocycles. The number of carbonyl (C=O) groups excluding carboxylic acids is 2. The highest BCUT2D eigenvalue weighted by Crippen LogP contribution is 2.17. The van der Waals surface area contributed by atoms with E-state index in [1.165, 1.54) is 7.11 Å². The summed E-state index contributed by atoms with van der Waals surface area (Å²) in [7, 11) is 1.49. The Hall–Kier alpha value is -2.28. The van der Waals surface area contributed by atoms with Crippen molar-refractivity contribution in [2.75, 3.05) is 13.7 Å². The molecule has 0 spiro atoms. The zero-order chi connectivity index (χ0) is 13.4. The molecule has 0 saturated carbocycles. The lowest BCUT2D eigenvalue weighted by molar-refractivity contribution is -0.141. The van der Waals surface area contributed by atoms with Crippen LogP contribution in [0.25, 0.3) is 0 Å². The number of rotatable bonds is 4. The highest BCUT2D eigenvalue weighted by Gasteiger charge is 2.02. The van der Waals surface area contributed by atoms with Crippen LogP contribution in [0.1, 0.15) is 29.3 Å². The quantitative estimate of drug-likeness (QED) is 0.462. The molecular weight excluding hydrogens is 232 g/mol. The largest absolute Gasteiger partial charge is 0.496 e. The normalized spacial score (nSPS) is 9.00. The van der Waals surface area contributed by atoms with E-state index in [0.717, 1.165) is 0 Å². The van der Waals surface area contributed by atoms with E-state index in [9.17, 15) is 9.59 Å². The molecule has 1 rings (SSSR count). The highest BCUT2D eigenvalue weighted by atomic mass is 16.5. The second-order valence-electron chi connectivity index (χ2n) is 3.36. The average Bonchev–Trinajstić information content (AvgIpc) is 2.38. The Labute approximate surface area is 106 Å². The molecule has 0 N–H and O–H groups in total. The maximum Gasteiger partial charge on any atom is 0.317 e. The molecule has 0 bridgehead atoms. The third-order valence-corrected chi connectivity index (χ3v) is 2.13. The lowest BCUT2D eigenvalue weighted by Gasteiger charge is -2.02. The van der Waals surface area contributed by atoms with E-state index >= 15 is 0 Å². The first-order valence-electron chi connectivity index (χ1n) is 5.49. The first kappa shape index (κ1) is 13.8. The standard InChI is InChI=1S/C14H14O4/c1-3-18-14(16)6-4-5-11-7-8-13(17-2)12(9-11)10-15/h7-10H,3,6H2,1-2H3. The van der Waals surface area contributed by atoms with Gasteiger partial charge in [-0.3, -0.25) is 9.59 Å². The van der Waals surface area contributed by atoms with Gasteiger partial charge in [-0.15, -0.1) is 0 Å². The first-order chi connectivity index (χ1) is 8.71. The van der Waals surface area contributed by atoms with Crippen LogP contribution in [0.2, 0.25) is 0 Å². The molecule has 4 heteroatoms. The maximum atomic E-state index is 11.1. The van der Waals surface area contributed by atoms with Gasteiger partial charge < -0.3 is 9.47 Å². The number of ether oxygens (including phenoxy) is 2. The van der Waals surface area contributed by atoms with E-state index in [4.69, 9.17) is 9.47 Å². The van der Waals surface area contributed by atoms with Crippen molar-refractivity contribution in [3.8, 4) is 17.6 Å². The molecule has 0 aliphatic rings. The third kappa shape index (κ3) is 3.95. The molecule has 0 radical (unpaired) electrons. The molecule has 4 nitrogen and oxygen atoms in total. The molecule has 0 atom stereocenters. The van der Waals surface area contributed by atoms with E-state index in [0.29, 0.717) is 29.8 Å². The van der Waals surface area contributed by atoms with Crippen LogP contribution < -0.4 is 4.74 Å². The molecule has 0 unspecified atom stereocenters. The fraction of sp³-hybridized carbons (Fsp3) is 0.286. The van der Waals surface area contributed by atoms with Crippen molar-refractivity contribution < 1.29 is 19.1 Å². The van der Waals surface area contributed by atoms with E-state index in [2.05, 4.69) is 11.8 Å². The Morgan fingerprint density at radius 1 is 1.44 bits per heavy atom. The van der Waals surface area contributed by atoms with Crippen LogP contribution in [0.4, 0.5) is 0 Å². The minimum Gasteiger partial charge on any atom is -0.496 e. The number of carbonyl (C=O) groups is 2. The summed E-state index contributed by atoms with van der Waals surface area (Å²) in [5.41, 5.74) is 1.09. The van der Waals surface area contributed by atoms with Crippen molar-refractivity contribution in [3.05, 3.63) is 29.3 Å². The zero-order valence-corrected chi connectivity index (χ0v) is 10.4. The zero-order valence-electron chi connectivity index (χ0n) is 10.4. The minimum atomic E-state index is -0.353. The van der Waals surface area contributed by atoms with Crippen molar-refractivity contribution >= 4 is 12.3 Å². The van der Waals surface area contributed by atoms with Crippen LogP contribution in [0.3, 0.4) is 0 Å². The minimum absolute atomic E-state index is 0.0380. The monoisotopic (exact) mass is 246 g/mol. The topological polar surface area (TPSA) is 52.6 Å². The summed E-state index contributed by atoms with van der Waals surface area (Å²) in [6.45, 7) is 2.09. The number of hydrogen-bond donors (Lipinski definition) is 0. The van der Waals surface area contributed by atoms with E-state index < -0.39 is 0 Å². The van der Waals surface area contributed by atoms with Gasteiger partial charge in [-0.25, -0.2) is 0 Å². The third-order valence-electron chi connectivity index (χ3n) is 2.13. The molecule has 0 aromatic heterocycles. The van der Waals surface area contributed by atoms with Gasteiger partial charge in [0.05, 0.1) is 19.3 Å². The lowest BCUT2D eigenvalue weighted by atomic mass is 10.1. The number of hydrogen-bond acceptors (Lipinski definition) is 4. The average molecular weight is 246 g/mol. The van der Waals surface area contributed by atoms with Gasteiger partial charge >= 0.3 is 5.97 Å². The van der Waals surface area contributed by atoms with Crippen LogP contribution in [0, 0.1) is 11.8 Å². The number of esters is 1. The Morgan fingerprint density at radius 2 is 2.22 bits per heavy atom. The van der Waals surface area contributed by atoms with Crippen LogP contribution in [-0.2, 0) is 9.53 Å². The number of methoxy groups -OCH3 is 1. The molecule has 0 aliphatic heterocycles. The van der Waals surface area contributed by atoms with Crippen molar-refractivity contribution in [2.24, 2.45) is 0 Å². The summed E-state index contributed by atoms with van der Waals surface area (Å²) in [6, 6.07) is 5.01. The Balaban J connectivity index is 2.77. The Bertz CT molecular complexity index is 494. The SMILES string of the molecule is CCOC(=O)CC#Cc1ccc(OC)c(C=O)c1. The smallest absolute Gasteiger partial charge is 0.317 e. The van der Waals surface area contributed by atoms with Gasteiger partial charge in [0.2, 0.25) is 0 Å². The van der Waals surface area contributed by atoms with Crippen molar-refractivity contribution in [1.29, 1.82) is 0 Å². The molecule has 0 amide bonds. The molecule has 0 saturated heterocycles. The van der Waals surface area contributed by atoms with Crippen LogP contribution >= 0.6 is 0 Å². The Morgan fingerprint density at radius 3 is 2.83 bits per heavy atom. The van der Waals surface area contributed by atoms with Crippen molar-refractivity contribution in [3.63, 3.8) is 0 Å². The van der Waals surface area contributed by atoms with Gasteiger partial charge in [0.1, 0.15) is 12.2 Å². The predicted octanol–water partition coefficient (Wildman–Crippen LogP) is 1.81. The van der Waals surface area contributed by atoms with E-state index in [1.54, 1.807) is 25.1 Å². The van der Waals surface area contributed by atoms with Crippen molar-refractivity contribution in [2.45, 2.75) is 13.3 Å². The van der Waals surface area contributed by atoms with Gasteiger partial charge in [0.15, 0.2) is 6.29 Å². The number of benzene rings is 1. The van der Waals surface area contributed by atoms with E-state index in [1.807, 2.05) is 0 Å². The van der Waals surface area contributed by atoms with Gasteiger partial charge in [-0.2, -0.15) is 0 Å². The second kappa shape index (κ2) is 7.13. The van der Waals surface area contributed by atoms with Crippen molar-refractivity contribution in [1.82, 2.24) is 0 Å². The summed E-state index contributed by atoms with van der Waals surface area (Å²) < 4.78 is 9.76. The second-order valence-corrected chi connectivity index (χ2v) is 3.36. The summed E-state index contributed by atoms with van der Waals surface area (Å²) in [5, 5.41) is 0. The first-order valence-corrected chi connectivity index (χ1v) is 5.49. The summed E-state index contributed by atoms with van der Waals surface area (Å²) in [4.78, 5) is 21.9. The lowest BCUT2D eigenvalue weighted by Crippen LogP contribution is -2.01. The molecule has 0 fully saturated rings. The van der Waals surface area contributed by atoms with Gasteiger partial charge in [0, 0.05) is 5.56 Å². The molecule has 18 heavy (non-hydrogen) atoms. The predicted molar refractivity (Wildman–Crippen MR) is 66.5 cm³/mol. The summed E-state index contributed by atoms with van der Waals surface area (Å²) in [6.07, 6.45) is 0.742. The van der Waals surface area contributed by atoms with Crippen LogP contribution in [-0.4, -0.2) is 26.0 Å². The fourth-order valence-electron chi connectivity index (χ4n) is 1.33. The summed E-state index contributed by atoms with van der Waals surface area (Å²) >= 11 is 0. The van der Waals surface area contributed by atoms with Gasteiger partial charge in [-0.1, -0.05) is 11.8 Å². The molecule has 0 heterocycles. The Kier molecular flexibility index (Phi) is 5.46.